The fourth-order valence-corrected chi connectivity index (χ4v) is 2.18. The molecule has 1 radical (unpaired) electrons. The van der Waals surface area contributed by atoms with E-state index in [1.54, 1.807) is 0 Å². The van der Waals surface area contributed by atoms with E-state index in [2.05, 4.69) is 32.9 Å². The van der Waals surface area contributed by atoms with E-state index in [4.69, 9.17) is 0 Å². The van der Waals surface area contributed by atoms with Crippen LogP contribution in [0.2, 0.25) is 6.82 Å². The van der Waals surface area contributed by atoms with Gasteiger partial charge in [-0.1, -0.05) is 20.7 Å². The highest BCUT2D eigenvalue weighted by atomic mass is 16.3. The lowest BCUT2D eigenvalue weighted by molar-refractivity contribution is 0.0740. The normalized spacial score (nSPS) is 38.0. The van der Waals surface area contributed by atoms with Crippen molar-refractivity contribution in [1.82, 2.24) is 4.81 Å². The summed E-state index contributed by atoms with van der Waals surface area (Å²) in [4.78, 5) is 2.32. The second kappa shape index (κ2) is 5.01. The fraction of sp³-hybridized carbons (Fsp3) is 1.00. The zero-order valence-corrected chi connectivity index (χ0v) is 9.03. The van der Waals surface area contributed by atoms with Crippen LogP contribution in [-0.4, -0.2) is 36.5 Å². The quantitative estimate of drug-likeness (QED) is 0.619. The van der Waals surface area contributed by atoms with Crippen molar-refractivity contribution in [2.24, 2.45) is 11.8 Å². The molecule has 1 aliphatic rings. The zero-order valence-electron chi connectivity index (χ0n) is 9.03. The molecule has 1 heterocycles. The van der Waals surface area contributed by atoms with Crippen LogP contribution in [0.3, 0.4) is 0 Å². The minimum absolute atomic E-state index is 0.106. The maximum atomic E-state index is 9.77. The molecule has 75 valence electrons. The molecular weight excluding hydrogens is 161 g/mol. The lowest BCUT2D eigenvalue weighted by Crippen LogP contribution is -2.38. The van der Waals surface area contributed by atoms with Gasteiger partial charge < -0.3 is 9.92 Å². The Balaban J connectivity index is 2.48. The van der Waals surface area contributed by atoms with Crippen molar-refractivity contribution in [2.45, 2.75) is 39.6 Å². The van der Waals surface area contributed by atoms with Crippen LogP contribution in [-0.2, 0) is 0 Å². The largest absolute Gasteiger partial charge is 0.393 e. The molecule has 0 aromatic rings. The van der Waals surface area contributed by atoms with Gasteiger partial charge in [-0.3, -0.25) is 0 Å². The Labute approximate surface area is 82.6 Å². The van der Waals surface area contributed by atoms with Crippen LogP contribution in [0, 0.1) is 11.8 Å². The van der Waals surface area contributed by atoms with E-state index in [9.17, 15) is 5.11 Å². The summed E-state index contributed by atoms with van der Waals surface area (Å²) in [7, 11) is 2.14. The predicted octanol–water partition coefficient (Wildman–Crippen LogP) is 1.38. The van der Waals surface area contributed by atoms with Gasteiger partial charge in [-0.25, -0.2) is 0 Å². The van der Waals surface area contributed by atoms with Gasteiger partial charge in [-0.05, 0) is 37.8 Å². The molecule has 3 atom stereocenters. The maximum absolute atomic E-state index is 9.77. The highest BCUT2D eigenvalue weighted by molar-refractivity contribution is 6.29. The van der Waals surface area contributed by atoms with Gasteiger partial charge in [-0.2, -0.15) is 0 Å². The third kappa shape index (κ3) is 3.32. The van der Waals surface area contributed by atoms with E-state index in [0.29, 0.717) is 11.8 Å². The van der Waals surface area contributed by atoms with E-state index in [1.807, 2.05) is 0 Å². The molecule has 0 bridgehead atoms. The number of nitrogens with zero attached hydrogens (tertiary/aromatic N) is 1. The fourth-order valence-electron chi connectivity index (χ4n) is 2.18. The zero-order chi connectivity index (χ0) is 9.84. The molecule has 3 heteroatoms. The number of aliphatic hydroxyl groups excluding tert-OH is 1. The number of rotatable bonds is 1. The topological polar surface area (TPSA) is 23.5 Å². The Morgan fingerprint density at radius 1 is 1.38 bits per heavy atom. The predicted molar refractivity (Wildman–Crippen MR) is 56.8 cm³/mol. The van der Waals surface area contributed by atoms with Crippen LogP contribution in [0.25, 0.3) is 0 Å². The van der Waals surface area contributed by atoms with Crippen LogP contribution < -0.4 is 0 Å². The molecule has 1 N–H and O–H groups in total. The number of hydrogen-bond acceptors (Lipinski definition) is 2. The summed E-state index contributed by atoms with van der Waals surface area (Å²) in [6.45, 7) is 8.65. The summed E-state index contributed by atoms with van der Waals surface area (Å²) in [5.41, 5.74) is 0. The molecule has 0 aromatic carbocycles. The van der Waals surface area contributed by atoms with Gasteiger partial charge in [0, 0.05) is 0 Å². The molecular formula is C10H21BNO. The minimum Gasteiger partial charge on any atom is -0.393 e. The second-order valence-electron chi connectivity index (χ2n) is 4.43. The van der Waals surface area contributed by atoms with E-state index < -0.39 is 0 Å². The van der Waals surface area contributed by atoms with Crippen LogP contribution in [0.1, 0.15) is 26.7 Å². The lowest BCUT2D eigenvalue weighted by Gasteiger charge is -2.32. The highest BCUT2D eigenvalue weighted by Gasteiger charge is 2.22. The summed E-state index contributed by atoms with van der Waals surface area (Å²) < 4.78 is 0. The first-order chi connectivity index (χ1) is 6.13. The molecule has 1 saturated heterocycles. The summed E-state index contributed by atoms with van der Waals surface area (Å²) >= 11 is 0. The molecule has 2 nitrogen and oxygen atoms in total. The first-order valence-electron chi connectivity index (χ1n) is 5.35. The van der Waals surface area contributed by atoms with Crippen molar-refractivity contribution in [3.8, 4) is 0 Å². The van der Waals surface area contributed by atoms with Gasteiger partial charge in [0.15, 0.2) is 0 Å². The molecule has 13 heavy (non-hydrogen) atoms. The van der Waals surface area contributed by atoms with E-state index in [-0.39, 0.29) is 6.10 Å². The summed E-state index contributed by atoms with van der Waals surface area (Å²) in [6, 6.07) is 0. The third-order valence-corrected chi connectivity index (χ3v) is 3.05. The molecule has 0 aliphatic carbocycles. The van der Waals surface area contributed by atoms with Gasteiger partial charge in [0.05, 0.1) is 6.10 Å². The van der Waals surface area contributed by atoms with E-state index in [1.165, 1.54) is 0 Å². The number of hydrogen-bond donors (Lipinski definition) is 1. The smallest absolute Gasteiger partial charge is 0.205 e. The van der Waals surface area contributed by atoms with Crippen molar-refractivity contribution in [3.05, 3.63) is 0 Å². The van der Waals surface area contributed by atoms with Crippen LogP contribution in [0.4, 0.5) is 0 Å². The average molecular weight is 182 g/mol. The van der Waals surface area contributed by atoms with Gasteiger partial charge in [-0.15, -0.1) is 0 Å². The van der Waals surface area contributed by atoms with Crippen molar-refractivity contribution in [1.29, 1.82) is 0 Å². The molecule has 1 aliphatic heterocycles. The first kappa shape index (κ1) is 11.1. The Morgan fingerprint density at radius 2 is 2.08 bits per heavy atom. The van der Waals surface area contributed by atoms with Gasteiger partial charge in [0.2, 0.25) is 7.41 Å². The average Bonchev–Trinajstić information content (AvgIpc) is 2.09. The highest BCUT2D eigenvalue weighted by Crippen LogP contribution is 2.21. The Hall–Kier alpha value is -0.0151. The van der Waals surface area contributed by atoms with Gasteiger partial charge in [0.25, 0.3) is 0 Å². The van der Waals surface area contributed by atoms with E-state index in [0.717, 1.165) is 25.9 Å². The summed E-state index contributed by atoms with van der Waals surface area (Å²) in [5.74, 6) is 1.16. The van der Waals surface area contributed by atoms with Crippen LogP contribution >= 0.6 is 0 Å². The molecule has 0 saturated carbocycles. The van der Waals surface area contributed by atoms with Gasteiger partial charge >= 0.3 is 0 Å². The Bertz CT molecular complexity index is 152. The van der Waals surface area contributed by atoms with Crippen molar-refractivity contribution in [2.75, 3.05) is 13.1 Å². The van der Waals surface area contributed by atoms with Gasteiger partial charge in [0.1, 0.15) is 0 Å². The summed E-state index contributed by atoms with van der Waals surface area (Å²) in [5, 5.41) is 9.77. The molecule has 1 rings (SSSR count). The lowest BCUT2D eigenvalue weighted by atomic mass is 9.85. The molecule has 3 unspecified atom stereocenters. The van der Waals surface area contributed by atoms with Crippen molar-refractivity contribution < 1.29 is 5.11 Å². The molecule has 0 spiro atoms. The van der Waals surface area contributed by atoms with Crippen molar-refractivity contribution >= 4 is 7.41 Å². The second-order valence-corrected chi connectivity index (χ2v) is 4.43. The summed E-state index contributed by atoms with van der Waals surface area (Å²) in [6.07, 6.45) is 1.95. The van der Waals surface area contributed by atoms with E-state index >= 15 is 0 Å². The Kier molecular flexibility index (Phi) is 4.27. The van der Waals surface area contributed by atoms with Crippen molar-refractivity contribution in [3.63, 3.8) is 0 Å². The van der Waals surface area contributed by atoms with Crippen LogP contribution in [0.5, 0.6) is 0 Å². The number of aliphatic hydroxyl groups is 1. The molecule has 0 aromatic heterocycles. The first-order valence-corrected chi connectivity index (χ1v) is 5.35. The Morgan fingerprint density at radius 3 is 2.69 bits per heavy atom. The molecule has 1 fully saturated rings. The molecule has 0 amide bonds. The third-order valence-electron chi connectivity index (χ3n) is 3.05. The SMILES string of the molecule is C[B]N1CCC(O)C(C)CC(C)C1. The van der Waals surface area contributed by atoms with Crippen LogP contribution in [0.15, 0.2) is 0 Å². The standard InChI is InChI=1S/C10H21BNO/c1-8-6-9(2)10(13)4-5-12(7-8)11-3/h8-10,13H,4-7H2,1-3H3. The monoisotopic (exact) mass is 182 g/mol. The maximum Gasteiger partial charge on any atom is 0.205 e. The minimum atomic E-state index is -0.106.